The Morgan fingerprint density at radius 2 is 2.46 bits per heavy atom. The van der Waals surface area contributed by atoms with Crippen molar-refractivity contribution in [3.63, 3.8) is 0 Å². The fourth-order valence-corrected chi connectivity index (χ4v) is 0.896. The molecule has 1 rings (SSSR count). The van der Waals surface area contributed by atoms with Gasteiger partial charge in [-0.05, 0) is 18.2 Å². The van der Waals surface area contributed by atoms with Crippen molar-refractivity contribution in [2.45, 2.75) is 12.7 Å². The lowest BCUT2D eigenvalue weighted by molar-refractivity contribution is -0.139. The molecule has 1 unspecified atom stereocenters. The van der Waals surface area contributed by atoms with E-state index in [0.29, 0.717) is 5.76 Å². The van der Waals surface area contributed by atoms with Crippen LogP contribution in [0.4, 0.5) is 0 Å². The largest absolute Gasteiger partial charge is 0.469 e. The van der Waals surface area contributed by atoms with Crippen LogP contribution in [0, 0.1) is 0 Å². The normalized spacial score (nSPS) is 23.2. The van der Waals surface area contributed by atoms with Crippen LogP contribution in [-0.2, 0) is 19.0 Å². The summed E-state index contributed by atoms with van der Waals surface area (Å²) < 4.78 is 14.6. The van der Waals surface area contributed by atoms with Crippen molar-refractivity contribution < 1.29 is 19.0 Å². The first-order valence-corrected chi connectivity index (χ1v) is 3.91. The smallest absolute Gasteiger partial charge is 0.309 e. The van der Waals surface area contributed by atoms with Gasteiger partial charge in [-0.15, -0.1) is 0 Å². The van der Waals surface area contributed by atoms with Gasteiger partial charge in [-0.25, -0.2) is 0 Å². The van der Waals surface area contributed by atoms with E-state index in [0.717, 1.165) is 0 Å². The number of carbonyl (C=O) groups is 1. The second-order valence-electron chi connectivity index (χ2n) is 2.47. The van der Waals surface area contributed by atoms with Crippen molar-refractivity contribution >= 4 is 5.97 Å². The van der Waals surface area contributed by atoms with E-state index in [1.807, 2.05) is 0 Å². The third-order valence-electron chi connectivity index (χ3n) is 1.60. The van der Waals surface area contributed by atoms with Crippen molar-refractivity contribution in [2.75, 3.05) is 14.2 Å². The first-order chi connectivity index (χ1) is 6.26. The number of ether oxygens (including phenoxy) is 3. The fourth-order valence-electron chi connectivity index (χ4n) is 0.896. The monoisotopic (exact) mass is 184 g/mol. The molecule has 0 amide bonds. The second kappa shape index (κ2) is 4.67. The topological polar surface area (TPSA) is 44.8 Å². The third kappa shape index (κ3) is 2.91. The Morgan fingerprint density at radius 1 is 1.69 bits per heavy atom. The Balaban J connectivity index is 2.38. The van der Waals surface area contributed by atoms with Crippen molar-refractivity contribution in [3.05, 3.63) is 24.0 Å². The molecule has 0 saturated carbocycles. The molecular formula is C9H12O4. The Hall–Kier alpha value is -1.29. The molecule has 0 spiro atoms. The van der Waals surface area contributed by atoms with E-state index in [-0.39, 0.29) is 18.7 Å². The lowest BCUT2D eigenvalue weighted by Gasteiger charge is -2.06. The van der Waals surface area contributed by atoms with E-state index >= 15 is 0 Å². The van der Waals surface area contributed by atoms with E-state index < -0.39 is 0 Å². The summed E-state index contributed by atoms with van der Waals surface area (Å²) in [4.78, 5) is 10.7. The van der Waals surface area contributed by atoms with Gasteiger partial charge in [0, 0.05) is 7.11 Å². The predicted octanol–water partition coefficient (Wildman–Crippen LogP) is 0.992. The number of hydrogen-bond donors (Lipinski definition) is 0. The summed E-state index contributed by atoms with van der Waals surface area (Å²) in [6.45, 7) is 0. The quantitative estimate of drug-likeness (QED) is 0.613. The molecule has 13 heavy (non-hydrogen) atoms. The van der Waals surface area contributed by atoms with Crippen molar-refractivity contribution in [1.29, 1.82) is 0 Å². The zero-order chi connectivity index (χ0) is 9.68. The van der Waals surface area contributed by atoms with E-state index in [4.69, 9.17) is 9.47 Å². The average molecular weight is 184 g/mol. The highest BCUT2D eigenvalue weighted by Crippen LogP contribution is 2.15. The molecule has 0 saturated heterocycles. The van der Waals surface area contributed by atoms with Gasteiger partial charge in [0.25, 0.3) is 0 Å². The molecule has 0 aliphatic carbocycles. The van der Waals surface area contributed by atoms with Gasteiger partial charge in [-0.2, -0.15) is 0 Å². The lowest BCUT2D eigenvalue weighted by atomic mass is 10.3. The maximum Gasteiger partial charge on any atom is 0.309 e. The molecule has 1 aliphatic heterocycles. The summed E-state index contributed by atoms with van der Waals surface area (Å²) in [6, 6.07) is 0. The number of methoxy groups -OCH3 is 2. The van der Waals surface area contributed by atoms with E-state index in [2.05, 4.69) is 4.74 Å². The molecule has 0 fully saturated rings. The minimum atomic E-state index is -0.330. The van der Waals surface area contributed by atoms with Gasteiger partial charge in [-0.1, -0.05) is 0 Å². The summed E-state index contributed by atoms with van der Waals surface area (Å²) in [5, 5.41) is 0. The van der Waals surface area contributed by atoms with Gasteiger partial charge in [0.1, 0.15) is 5.76 Å². The van der Waals surface area contributed by atoms with Crippen LogP contribution >= 0.6 is 0 Å². The van der Waals surface area contributed by atoms with Crippen LogP contribution in [0.1, 0.15) is 6.42 Å². The predicted molar refractivity (Wildman–Crippen MR) is 45.7 cm³/mol. The molecule has 1 atom stereocenters. The number of allylic oxidation sites excluding steroid dienone is 1. The maximum absolute atomic E-state index is 10.7. The molecule has 4 heteroatoms. The lowest BCUT2D eigenvalue weighted by Crippen LogP contribution is -2.05. The van der Waals surface area contributed by atoms with Crippen molar-refractivity contribution in [2.24, 2.45) is 0 Å². The molecule has 0 aromatic carbocycles. The second-order valence-corrected chi connectivity index (χ2v) is 2.47. The third-order valence-corrected chi connectivity index (χ3v) is 1.60. The van der Waals surface area contributed by atoms with Crippen molar-refractivity contribution in [1.82, 2.24) is 0 Å². The Labute approximate surface area is 76.8 Å². The number of rotatable bonds is 3. The Kier molecular flexibility index (Phi) is 3.52. The van der Waals surface area contributed by atoms with Gasteiger partial charge in [0.05, 0.1) is 13.5 Å². The summed E-state index contributed by atoms with van der Waals surface area (Å²) in [7, 11) is 2.91. The summed E-state index contributed by atoms with van der Waals surface area (Å²) in [5.74, 6) is 0.350. The molecule has 72 valence electrons. The zero-order valence-corrected chi connectivity index (χ0v) is 7.65. The van der Waals surface area contributed by atoms with E-state index in [1.165, 1.54) is 7.11 Å². The molecule has 0 radical (unpaired) electrons. The average Bonchev–Trinajstić information content (AvgIpc) is 2.61. The van der Waals surface area contributed by atoms with Gasteiger partial charge >= 0.3 is 5.97 Å². The number of carbonyl (C=O) groups excluding carboxylic acids is 1. The van der Waals surface area contributed by atoms with Crippen LogP contribution in [0.2, 0.25) is 0 Å². The van der Waals surface area contributed by atoms with Gasteiger partial charge in [0.2, 0.25) is 6.29 Å². The first kappa shape index (κ1) is 9.80. The summed E-state index contributed by atoms with van der Waals surface area (Å²) >= 11 is 0. The summed E-state index contributed by atoms with van der Waals surface area (Å²) in [5.41, 5.74) is 0. The van der Waals surface area contributed by atoms with Crippen molar-refractivity contribution in [3.8, 4) is 0 Å². The molecular weight excluding hydrogens is 172 g/mol. The number of hydrogen-bond acceptors (Lipinski definition) is 4. The highest BCUT2D eigenvalue weighted by molar-refractivity contribution is 5.71. The standard InChI is InChI=1S/C9H12O4/c1-11-8(10)5-3-7-4-6-9(12-2)13-7/h3-4,6,9H,5H2,1-2H3. The SMILES string of the molecule is COC(=O)CC=C1C=CC(OC)O1. The molecule has 0 N–H and O–H groups in total. The molecule has 0 bridgehead atoms. The minimum absolute atomic E-state index is 0.215. The number of esters is 1. The van der Waals surface area contributed by atoms with Gasteiger partial charge in [0.15, 0.2) is 0 Å². The molecule has 1 aliphatic rings. The molecule has 4 nitrogen and oxygen atoms in total. The highest BCUT2D eigenvalue weighted by Gasteiger charge is 2.12. The van der Waals surface area contributed by atoms with Crippen LogP contribution in [0.3, 0.4) is 0 Å². The molecule has 1 heterocycles. The Morgan fingerprint density at radius 3 is 3.00 bits per heavy atom. The van der Waals surface area contributed by atoms with E-state index in [1.54, 1.807) is 25.3 Å². The minimum Gasteiger partial charge on any atom is -0.469 e. The summed E-state index contributed by atoms with van der Waals surface area (Å²) in [6.07, 6.45) is 5.07. The molecule has 0 aromatic heterocycles. The van der Waals surface area contributed by atoms with Crippen LogP contribution in [0.5, 0.6) is 0 Å². The van der Waals surface area contributed by atoms with Gasteiger partial charge in [-0.3, -0.25) is 4.79 Å². The van der Waals surface area contributed by atoms with Crippen LogP contribution < -0.4 is 0 Å². The van der Waals surface area contributed by atoms with E-state index in [9.17, 15) is 4.79 Å². The van der Waals surface area contributed by atoms with Crippen LogP contribution in [-0.4, -0.2) is 26.5 Å². The fraction of sp³-hybridized carbons (Fsp3) is 0.444. The highest BCUT2D eigenvalue weighted by atomic mass is 16.7. The van der Waals surface area contributed by atoms with Crippen LogP contribution in [0.25, 0.3) is 0 Å². The Bertz CT molecular complexity index is 242. The zero-order valence-electron chi connectivity index (χ0n) is 7.65. The first-order valence-electron chi connectivity index (χ1n) is 3.91. The van der Waals surface area contributed by atoms with Crippen LogP contribution in [0.15, 0.2) is 24.0 Å². The molecule has 0 aromatic rings. The van der Waals surface area contributed by atoms with Gasteiger partial charge < -0.3 is 14.2 Å². The maximum atomic E-state index is 10.7.